The third-order valence-corrected chi connectivity index (χ3v) is 32.8. The van der Waals surface area contributed by atoms with E-state index in [1.165, 1.54) is 96.7 Å². The maximum absolute atomic E-state index is 13.3. The first kappa shape index (κ1) is 146. The fourth-order valence-corrected chi connectivity index (χ4v) is 16.2. The first-order valence-electron chi connectivity index (χ1n) is 51.0. The zero-order valence-corrected chi connectivity index (χ0v) is 96.8. The number of unbranched alkanes of at least 4 members (excludes halogenated alkanes) is 4. The predicted molar refractivity (Wildman–Crippen MR) is 536 cm³/mol. The van der Waals surface area contributed by atoms with E-state index in [2.05, 4.69) is 105 Å². The highest BCUT2D eigenvalue weighted by molar-refractivity contribution is 6.76. The molecule has 0 radical (unpaired) electrons. The van der Waals surface area contributed by atoms with Gasteiger partial charge < -0.3 is 48.1 Å². The topological polar surface area (TPSA) is 251 Å². The lowest BCUT2D eigenvalue weighted by Crippen LogP contribution is -2.67. The van der Waals surface area contributed by atoms with E-state index in [1.54, 1.807) is 20.8 Å². The lowest BCUT2D eigenvalue weighted by Gasteiger charge is -2.48. The Kier molecular flexibility index (Phi) is 65.9. The van der Waals surface area contributed by atoms with Crippen LogP contribution in [0.4, 0.5) is 65.9 Å². The van der Waals surface area contributed by atoms with E-state index in [-0.39, 0.29) is 80.3 Å². The highest BCUT2D eigenvalue weighted by Gasteiger charge is 2.78. The zero-order valence-electron chi connectivity index (χ0n) is 93.8. The van der Waals surface area contributed by atoms with Gasteiger partial charge in [0.15, 0.2) is 6.61 Å². The molecule has 0 aromatic rings. The third kappa shape index (κ3) is 58.1. The van der Waals surface area contributed by atoms with Gasteiger partial charge in [-0.2, -0.15) is 65.9 Å². The number of rotatable bonds is 45. The second-order valence-corrected chi connectivity index (χ2v) is 64.2. The SMILES string of the molecule is CCC(C)(C)C(=O)OC(C)(C)C1CCC(C)CC1.CCC(C)(C)C(=O)OC1CC(C(O)(C(F)(F)F)C(F)(F)F)CC(C(O)(C(F)(F)F)C(F)(F)F)C1.CCC(C)(C)C(=O)OCC(F)(F)F.CCC(C)(C)C(=O)OCCC[Si](C)(C)C.CCC(C)(C)C(=O)OCCC[Si](C)(C)C.CCC(C)(C)C(=O)OCCC[Si](C)(C)C.CCCCC(CC)COC(=O)C(C)(C)CC.CCCCCCOC(=O)C(C)(C)CC. The Labute approximate surface area is 838 Å². The van der Waals surface area contributed by atoms with Crippen molar-refractivity contribution >= 4 is 72.0 Å². The molecule has 0 aromatic carbocycles. The van der Waals surface area contributed by atoms with Gasteiger partial charge >= 0.3 is 78.6 Å². The van der Waals surface area contributed by atoms with Gasteiger partial charge in [-0.15, -0.1) is 0 Å². The van der Waals surface area contributed by atoms with Crippen molar-refractivity contribution < 1.29 is 152 Å². The first-order chi connectivity index (χ1) is 62.7. The molecule has 2 rings (SSSR count). The second kappa shape index (κ2) is 63.2. The number of aliphatic hydroxyl groups is 2. The Bertz CT molecular complexity index is 3300. The monoisotopic (exact) mass is 2100 g/mol. The van der Waals surface area contributed by atoms with Gasteiger partial charge in [0.05, 0.1) is 76.4 Å². The van der Waals surface area contributed by atoms with Crippen molar-refractivity contribution in [1.82, 2.24) is 0 Å². The minimum absolute atomic E-state index is 0.0184. The standard InChI is InChI=1S/C18H22F12O4.C16H30O2.C14H28O2.3C12H26O2Si.C12H24O2.C8H13F3O2/c1-4-12(2,3)11(31)34-10-6-8(13(32,15(19,20)21)16(22,23)24)5-9(7-10)14(33,17(25,26)27)18(28,29)30;1-7-15(3,4)14(17)18-16(5,6)13-10-8-12(2)9-11-13;1-6-9-10-12(7-2)11-16-13(15)14(4,5)8-3;3*1-7-12(2,3)11(13)14-9-8-10-15(4,5)6;1-5-7-8-9-10-14-11(13)12(3,4)6-2;1-4-7(2,3)6(12)13-5-8(9,10)11/h8-10,32-33H,4-7H2,1-3H3;12-13H,7-11H2,1-6H3;12H,6-11H2,1-5H3;3*7-10H2,1-6H3;5-10H2,1-4H3;4-5H2,1-3H3. The van der Waals surface area contributed by atoms with Gasteiger partial charge in [-0.05, 0) is 258 Å². The second-order valence-electron chi connectivity index (χ2n) is 47.3. The predicted octanol–water partition coefficient (Wildman–Crippen LogP) is 31.4. The number of alkyl halides is 15. The average molecular weight is 2100 g/mol. The molecule has 0 amide bonds. The molecule has 0 heterocycles. The summed E-state index contributed by atoms with van der Waals surface area (Å²) in [5, 5.41) is 19.2. The number of carbonyl (C=O) groups excluding carboxylic acids is 8. The van der Waals surface area contributed by atoms with Crippen molar-refractivity contribution in [3.8, 4) is 0 Å². The van der Waals surface area contributed by atoms with E-state index in [0.717, 1.165) is 83.0 Å². The largest absolute Gasteiger partial charge is 0.465 e. The molecule has 2 saturated carbocycles. The van der Waals surface area contributed by atoms with Gasteiger partial charge in [0, 0.05) is 36.1 Å². The molecule has 18 nitrogen and oxygen atoms in total. The number of hydrogen-bond acceptors (Lipinski definition) is 18. The Hall–Kier alpha value is -4.72. The molecule has 36 heteroatoms. The highest BCUT2D eigenvalue weighted by Crippen LogP contribution is 2.58. The van der Waals surface area contributed by atoms with Gasteiger partial charge in [0.1, 0.15) is 11.7 Å². The Morgan fingerprint density at radius 1 is 0.314 bits per heavy atom. The summed E-state index contributed by atoms with van der Waals surface area (Å²) in [6.07, 6.45) is -15.7. The summed E-state index contributed by atoms with van der Waals surface area (Å²) in [5.74, 6) is -7.30. The van der Waals surface area contributed by atoms with Gasteiger partial charge in [0.25, 0.3) is 11.2 Å². The van der Waals surface area contributed by atoms with Crippen LogP contribution in [0.1, 0.15) is 375 Å². The van der Waals surface area contributed by atoms with Crippen molar-refractivity contribution in [1.29, 1.82) is 0 Å². The van der Waals surface area contributed by atoms with Crippen molar-refractivity contribution in [2.24, 2.45) is 72.9 Å². The molecule has 140 heavy (non-hydrogen) atoms. The molecule has 2 aliphatic rings. The maximum atomic E-state index is 13.3. The molecule has 3 unspecified atom stereocenters. The summed E-state index contributed by atoms with van der Waals surface area (Å²) >= 11 is 0. The van der Waals surface area contributed by atoms with Crippen molar-refractivity contribution in [2.45, 2.75) is 505 Å². The van der Waals surface area contributed by atoms with Gasteiger partial charge in [-0.1, -0.05) is 212 Å². The van der Waals surface area contributed by atoms with E-state index < -0.39 is 133 Å². The molecule has 2 N–H and O–H groups in total. The van der Waals surface area contributed by atoms with Gasteiger partial charge in [-0.25, -0.2) is 0 Å². The van der Waals surface area contributed by atoms with E-state index in [9.17, 15) is 114 Å². The van der Waals surface area contributed by atoms with Crippen LogP contribution in [0.3, 0.4) is 0 Å². The fourth-order valence-electron chi connectivity index (χ4n) is 12.6. The lowest BCUT2D eigenvalue weighted by atomic mass is 9.65. The maximum Gasteiger partial charge on any atom is 0.426 e. The molecule has 0 aromatic heterocycles. The van der Waals surface area contributed by atoms with E-state index >= 15 is 0 Å². The van der Waals surface area contributed by atoms with Crippen LogP contribution in [0.15, 0.2) is 0 Å². The van der Waals surface area contributed by atoms with Crippen LogP contribution in [0.5, 0.6) is 0 Å². The number of carbonyl (C=O) groups is 8. The zero-order chi connectivity index (χ0) is 112. The molecule has 0 spiro atoms. The molecular formula is C104H195F15O18Si3. The van der Waals surface area contributed by atoms with Crippen molar-refractivity contribution in [3.05, 3.63) is 0 Å². The molecule has 3 atom stereocenters. The minimum atomic E-state index is -6.58. The summed E-state index contributed by atoms with van der Waals surface area (Å²) in [7, 11) is -2.92. The van der Waals surface area contributed by atoms with Crippen LogP contribution in [0, 0.1) is 72.9 Å². The summed E-state index contributed by atoms with van der Waals surface area (Å²) in [6, 6.07) is 3.69. The average Bonchev–Trinajstić information content (AvgIpc) is 0.720. The quantitative estimate of drug-likeness (QED) is 0.0189. The minimum Gasteiger partial charge on any atom is -0.465 e. The van der Waals surface area contributed by atoms with Crippen LogP contribution < -0.4 is 0 Å². The summed E-state index contributed by atoms with van der Waals surface area (Å²) in [4.78, 5) is 93.5. The van der Waals surface area contributed by atoms with E-state index in [4.69, 9.17) is 33.2 Å². The molecule has 2 fully saturated rings. The summed E-state index contributed by atoms with van der Waals surface area (Å²) in [6.45, 7) is 79.6. The number of hydrogen-bond donors (Lipinski definition) is 2. The van der Waals surface area contributed by atoms with Crippen molar-refractivity contribution in [2.75, 3.05) is 39.6 Å². The molecule has 836 valence electrons. The van der Waals surface area contributed by atoms with Gasteiger partial charge in [-0.3, -0.25) is 38.4 Å². The smallest absolute Gasteiger partial charge is 0.426 e. The van der Waals surface area contributed by atoms with Gasteiger partial charge in [0.2, 0.25) is 0 Å². The molecule has 0 aliphatic heterocycles. The number of ether oxygens (including phenoxy) is 8. The van der Waals surface area contributed by atoms with Crippen LogP contribution in [-0.4, -0.2) is 176 Å². The number of halogens is 15. The summed E-state index contributed by atoms with van der Waals surface area (Å²) in [5.41, 5.74) is -16.1. The van der Waals surface area contributed by atoms with Crippen LogP contribution >= 0.6 is 0 Å². The van der Waals surface area contributed by atoms with E-state index in [0.29, 0.717) is 51.3 Å². The van der Waals surface area contributed by atoms with Crippen LogP contribution in [0.25, 0.3) is 0 Å². The first-order valence-corrected chi connectivity index (χ1v) is 62.1. The molecular weight excluding hydrogens is 1910 g/mol. The van der Waals surface area contributed by atoms with Crippen LogP contribution in [-0.2, 0) is 76.3 Å². The highest BCUT2D eigenvalue weighted by atomic mass is 28.3. The van der Waals surface area contributed by atoms with Crippen LogP contribution in [0.2, 0.25) is 77.1 Å². The third-order valence-electron chi connectivity index (χ3n) is 27.2. The Balaban J connectivity index is -0.000000376. The molecule has 0 saturated heterocycles. The Morgan fingerprint density at radius 3 is 0.821 bits per heavy atom. The molecule has 2 aliphatic carbocycles. The molecule has 0 bridgehead atoms. The lowest BCUT2D eigenvalue weighted by molar-refractivity contribution is -0.405. The fraction of sp³-hybridized carbons (Fsp3) is 0.923. The number of esters is 8. The van der Waals surface area contributed by atoms with Crippen molar-refractivity contribution in [3.63, 3.8) is 0 Å². The normalized spacial score (nSPS) is 17.2. The Morgan fingerprint density at radius 2 is 0.571 bits per heavy atom. The van der Waals surface area contributed by atoms with E-state index in [1.807, 2.05) is 125 Å². The summed E-state index contributed by atoms with van der Waals surface area (Å²) < 4.78 is 236.